The van der Waals surface area contributed by atoms with E-state index in [2.05, 4.69) is 20.6 Å². The molecule has 1 saturated heterocycles. The quantitative estimate of drug-likeness (QED) is 0.903. The van der Waals surface area contributed by atoms with E-state index in [-0.39, 0.29) is 11.9 Å². The van der Waals surface area contributed by atoms with Gasteiger partial charge in [-0.15, -0.1) is 0 Å². The lowest BCUT2D eigenvalue weighted by Gasteiger charge is -2.22. The molecule has 0 saturated carbocycles. The first-order chi connectivity index (χ1) is 11.7. The van der Waals surface area contributed by atoms with Gasteiger partial charge in [-0.05, 0) is 38.4 Å². The van der Waals surface area contributed by atoms with Gasteiger partial charge in [0.15, 0.2) is 0 Å². The largest absolute Gasteiger partial charge is 0.495 e. The first-order valence-electron chi connectivity index (χ1n) is 8.20. The van der Waals surface area contributed by atoms with Crippen molar-refractivity contribution in [3.05, 3.63) is 47.5 Å². The van der Waals surface area contributed by atoms with E-state index in [1.165, 1.54) is 12.8 Å². The summed E-state index contributed by atoms with van der Waals surface area (Å²) in [4.78, 5) is 21.5. The zero-order valence-corrected chi connectivity index (χ0v) is 14.0. The minimum atomic E-state index is -0.236. The summed E-state index contributed by atoms with van der Waals surface area (Å²) >= 11 is 0. The number of hydrogen-bond acceptors (Lipinski definition) is 5. The van der Waals surface area contributed by atoms with Crippen LogP contribution in [0.3, 0.4) is 0 Å². The molecule has 0 aliphatic carbocycles. The standard InChI is InChI=1S/C18H22N4O2/c1-12-13(11-20-17(21-12)15-8-5-6-10-19-15)18(23)22-14-7-3-4-9-16(14)24-2/h3-4,7,9,11,15,19H,5-6,8,10H2,1-2H3,(H,22,23)/t15-/m0/s1. The van der Waals surface area contributed by atoms with Gasteiger partial charge in [0.25, 0.3) is 5.91 Å². The maximum Gasteiger partial charge on any atom is 0.259 e. The number of piperidine rings is 1. The molecular formula is C18H22N4O2. The summed E-state index contributed by atoms with van der Waals surface area (Å²) in [6.07, 6.45) is 5.01. The molecule has 1 aromatic carbocycles. The van der Waals surface area contributed by atoms with Gasteiger partial charge in [0.1, 0.15) is 11.6 Å². The highest BCUT2D eigenvalue weighted by molar-refractivity contribution is 6.05. The number of anilines is 1. The second-order valence-corrected chi connectivity index (χ2v) is 5.88. The zero-order valence-electron chi connectivity index (χ0n) is 14.0. The molecule has 1 atom stereocenters. The van der Waals surface area contributed by atoms with Gasteiger partial charge in [-0.2, -0.15) is 0 Å². The summed E-state index contributed by atoms with van der Waals surface area (Å²) < 4.78 is 5.26. The Kier molecular flexibility index (Phi) is 5.05. The van der Waals surface area contributed by atoms with Crippen molar-refractivity contribution in [2.75, 3.05) is 19.0 Å². The van der Waals surface area contributed by atoms with E-state index in [9.17, 15) is 4.79 Å². The third-order valence-electron chi connectivity index (χ3n) is 4.22. The zero-order chi connectivity index (χ0) is 16.9. The number of hydrogen-bond donors (Lipinski definition) is 2. The number of methoxy groups -OCH3 is 1. The fourth-order valence-corrected chi connectivity index (χ4v) is 2.89. The molecular weight excluding hydrogens is 304 g/mol. The lowest BCUT2D eigenvalue weighted by Crippen LogP contribution is -2.29. The van der Waals surface area contributed by atoms with Crippen LogP contribution in [0.5, 0.6) is 5.75 Å². The Morgan fingerprint density at radius 2 is 2.17 bits per heavy atom. The van der Waals surface area contributed by atoms with Gasteiger partial charge in [0.05, 0.1) is 30.1 Å². The monoisotopic (exact) mass is 326 g/mol. The van der Waals surface area contributed by atoms with Crippen LogP contribution in [0.15, 0.2) is 30.5 Å². The van der Waals surface area contributed by atoms with Crippen LogP contribution in [0.4, 0.5) is 5.69 Å². The lowest BCUT2D eigenvalue weighted by atomic mass is 10.0. The SMILES string of the molecule is COc1ccccc1NC(=O)c1cnc([C@@H]2CCCCN2)nc1C. The molecule has 24 heavy (non-hydrogen) atoms. The predicted octanol–water partition coefficient (Wildman–Crippen LogP) is 2.86. The fraction of sp³-hybridized carbons (Fsp3) is 0.389. The van der Waals surface area contributed by atoms with Crippen LogP contribution in [0.2, 0.25) is 0 Å². The molecule has 1 amide bonds. The van der Waals surface area contributed by atoms with Gasteiger partial charge in [0.2, 0.25) is 0 Å². The number of nitrogens with one attached hydrogen (secondary N) is 2. The molecule has 0 unspecified atom stereocenters. The summed E-state index contributed by atoms with van der Waals surface area (Å²) in [5.74, 6) is 1.15. The van der Waals surface area contributed by atoms with Crippen molar-refractivity contribution >= 4 is 11.6 Å². The van der Waals surface area contributed by atoms with Crippen molar-refractivity contribution < 1.29 is 9.53 Å². The van der Waals surface area contributed by atoms with E-state index in [1.807, 2.05) is 19.1 Å². The second kappa shape index (κ2) is 7.40. The number of ether oxygens (including phenoxy) is 1. The van der Waals surface area contributed by atoms with Crippen LogP contribution in [0, 0.1) is 6.92 Å². The van der Waals surface area contributed by atoms with Crippen LogP contribution in [-0.2, 0) is 0 Å². The molecule has 1 aliphatic rings. The van der Waals surface area contributed by atoms with Gasteiger partial charge in [-0.25, -0.2) is 9.97 Å². The van der Waals surface area contributed by atoms with Crippen molar-refractivity contribution in [1.82, 2.24) is 15.3 Å². The molecule has 6 heteroatoms. The number of aryl methyl sites for hydroxylation is 1. The molecule has 1 fully saturated rings. The summed E-state index contributed by atoms with van der Waals surface area (Å²) in [5.41, 5.74) is 1.78. The first-order valence-corrected chi connectivity index (χ1v) is 8.20. The van der Waals surface area contributed by atoms with Gasteiger partial charge in [-0.1, -0.05) is 18.6 Å². The second-order valence-electron chi connectivity index (χ2n) is 5.88. The number of aromatic nitrogens is 2. The number of rotatable bonds is 4. The van der Waals surface area contributed by atoms with E-state index < -0.39 is 0 Å². The molecule has 2 heterocycles. The maximum atomic E-state index is 12.5. The number of para-hydroxylation sites is 2. The molecule has 3 rings (SSSR count). The molecule has 0 bridgehead atoms. The Hall–Kier alpha value is -2.47. The van der Waals surface area contributed by atoms with E-state index in [1.54, 1.807) is 25.4 Å². The molecule has 0 spiro atoms. The molecule has 1 aromatic heterocycles. The predicted molar refractivity (Wildman–Crippen MR) is 92.3 cm³/mol. The summed E-state index contributed by atoms with van der Waals surface area (Å²) in [7, 11) is 1.57. The van der Waals surface area contributed by atoms with Crippen LogP contribution in [0.1, 0.15) is 47.2 Å². The highest BCUT2D eigenvalue weighted by atomic mass is 16.5. The number of nitrogens with zero attached hydrogens (tertiary/aromatic N) is 2. The van der Waals surface area contributed by atoms with Crippen LogP contribution >= 0.6 is 0 Å². The van der Waals surface area contributed by atoms with Crippen molar-refractivity contribution in [3.63, 3.8) is 0 Å². The fourth-order valence-electron chi connectivity index (χ4n) is 2.89. The van der Waals surface area contributed by atoms with Gasteiger partial charge < -0.3 is 15.4 Å². The third-order valence-corrected chi connectivity index (χ3v) is 4.22. The van der Waals surface area contributed by atoms with Crippen LogP contribution in [0.25, 0.3) is 0 Å². The van der Waals surface area contributed by atoms with Crippen LogP contribution in [-0.4, -0.2) is 29.5 Å². The highest BCUT2D eigenvalue weighted by Crippen LogP contribution is 2.24. The normalized spacial score (nSPS) is 17.3. The molecule has 126 valence electrons. The summed E-state index contributed by atoms with van der Waals surface area (Å²) in [6, 6.07) is 7.49. The van der Waals surface area contributed by atoms with Crippen molar-refractivity contribution in [3.8, 4) is 5.75 Å². The molecule has 2 aromatic rings. The smallest absolute Gasteiger partial charge is 0.259 e. The average molecular weight is 326 g/mol. The number of amides is 1. The molecule has 0 radical (unpaired) electrons. The average Bonchev–Trinajstić information content (AvgIpc) is 2.62. The summed E-state index contributed by atoms with van der Waals surface area (Å²) in [5, 5.41) is 6.28. The number of benzene rings is 1. The number of carbonyl (C=O) groups excluding carboxylic acids is 1. The molecule has 2 N–H and O–H groups in total. The molecule has 1 aliphatic heterocycles. The third kappa shape index (κ3) is 3.54. The Balaban J connectivity index is 1.77. The minimum Gasteiger partial charge on any atom is -0.495 e. The first kappa shape index (κ1) is 16.4. The highest BCUT2D eigenvalue weighted by Gasteiger charge is 2.20. The van der Waals surface area contributed by atoms with Crippen molar-refractivity contribution in [2.45, 2.75) is 32.2 Å². The van der Waals surface area contributed by atoms with E-state index in [4.69, 9.17) is 4.74 Å². The van der Waals surface area contributed by atoms with Crippen molar-refractivity contribution in [1.29, 1.82) is 0 Å². The van der Waals surface area contributed by atoms with E-state index >= 15 is 0 Å². The molecule has 6 nitrogen and oxygen atoms in total. The minimum absolute atomic E-state index is 0.184. The van der Waals surface area contributed by atoms with Crippen LogP contribution < -0.4 is 15.4 Å². The Morgan fingerprint density at radius 3 is 2.88 bits per heavy atom. The van der Waals surface area contributed by atoms with Gasteiger partial charge in [-0.3, -0.25) is 4.79 Å². The Bertz CT molecular complexity index is 727. The topological polar surface area (TPSA) is 76.1 Å². The van der Waals surface area contributed by atoms with Gasteiger partial charge >= 0.3 is 0 Å². The van der Waals surface area contributed by atoms with Gasteiger partial charge in [0, 0.05) is 6.20 Å². The van der Waals surface area contributed by atoms with Crippen molar-refractivity contribution in [2.24, 2.45) is 0 Å². The van der Waals surface area contributed by atoms with E-state index in [0.717, 1.165) is 18.8 Å². The van der Waals surface area contributed by atoms with E-state index in [0.29, 0.717) is 22.7 Å². The summed E-state index contributed by atoms with van der Waals surface area (Å²) in [6.45, 7) is 2.83. The Morgan fingerprint density at radius 1 is 1.33 bits per heavy atom. The lowest BCUT2D eigenvalue weighted by molar-refractivity contribution is 0.102. The number of carbonyl (C=O) groups is 1. The maximum absolute atomic E-state index is 12.5. The Labute approximate surface area is 141 Å².